The first kappa shape index (κ1) is 13.3. The van der Waals surface area contributed by atoms with Crippen molar-refractivity contribution in [3.63, 3.8) is 0 Å². The van der Waals surface area contributed by atoms with E-state index in [0.29, 0.717) is 12.1 Å². The summed E-state index contributed by atoms with van der Waals surface area (Å²) >= 11 is 0. The highest BCUT2D eigenvalue weighted by molar-refractivity contribution is 5.82. The summed E-state index contributed by atoms with van der Waals surface area (Å²) < 4.78 is 5.76. The van der Waals surface area contributed by atoms with Crippen LogP contribution in [0.15, 0.2) is 46.9 Å². The van der Waals surface area contributed by atoms with E-state index < -0.39 is 0 Å². The van der Waals surface area contributed by atoms with E-state index in [-0.39, 0.29) is 0 Å². The first-order valence-corrected chi connectivity index (χ1v) is 6.91. The summed E-state index contributed by atoms with van der Waals surface area (Å²) in [4.78, 5) is 0. The van der Waals surface area contributed by atoms with E-state index in [1.165, 1.54) is 0 Å². The van der Waals surface area contributed by atoms with Gasteiger partial charge >= 0.3 is 0 Å². The Labute approximate surface area is 123 Å². The molecule has 104 valence electrons. The number of nitriles is 1. The summed E-state index contributed by atoms with van der Waals surface area (Å²) in [6.07, 6.45) is 0. The van der Waals surface area contributed by atoms with Gasteiger partial charge in [-0.25, -0.2) is 0 Å². The standard InChI is InChI=1S/C18H16N2O/c1-12-6-5-8-17(15(12)10-19)20-11-16-13(2)21-18-9-4-3-7-14(16)18/h3-9,20H,11H2,1-2H3. The molecule has 0 aliphatic rings. The van der Waals surface area contributed by atoms with Crippen LogP contribution in [0.5, 0.6) is 0 Å². The molecule has 0 unspecified atom stereocenters. The Balaban J connectivity index is 1.93. The lowest BCUT2D eigenvalue weighted by Gasteiger charge is -2.09. The van der Waals surface area contributed by atoms with Gasteiger partial charge in [-0.1, -0.05) is 30.3 Å². The molecule has 0 atom stereocenters. The predicted molar refractivity (Wildman–Crippen MR) is 84.2 cm³/mol. The van der Waals surface area contributed by atoms with Crippen LogP contribution in [0.25, 0.3) is 11.0 Å². The molecule has 21 heavy (non-hydrogen) atoms. The van der Waals surface area contributed by atoms with Gasteiger partial charge in [0.2, 0.25) is 0 Å². The van der Waals surface area contributed by atoms with Gasteiger partial charge in [-0.3, -0.25) is 0 Å². The maximum Gasteiger partial charge on any atom is 0.134 e. The Morgan fingerprint density at radius 3 is 2.71 bits per heavy atom. The molecule has 3 heteroatoms. The Hall–Kier alpha value is -2.73. The number of furan rings is 1. The zero-order valence-corrected chi connectivity index (χ0v) is 12.1. The normalized spacial score (nSPS) is 10.5. The number of hydrogen-bond acceptors (Lipinski definition) is 3. The number of aryl methyl sites for hydroxylation is 2. The molecular formula is C18H16N2O. The monoisotopic (exact) mass is 276 g/mol. The van der Waals surface area contributed by atoms with Gasteiger partial charge in [0.25, 0.3) is 0 Å². The zero-order chi connectivity index (χ0) is 14.8. The molecule has 0 spiro atoms. The van der Waals surface area contributed by atoms with Crippen molar-refractivity contribution in [1.29, 1.82) is 5.26 Å². The van der Waals surface area contributed by atoms with Gasteiger partial charge in [0.05, 0.1) is 11.3 Å². The minimum absolute atomic E-state index is 0.640. The molecule has 0 bridgehead atoms. The second kappa shape index (κ2) is 5.34. The summed E-state index contributed by atoms with van der Waals surface area (Å²) in [5.74, 6) is 0.912. The third kappa shape index (κ3) is 2.36. The average molecular weight is 276 g/mol. The SMILES string of the molecule is Cc1cccc(NCc2c(C)oc3ccccc23)c1C#N. The quantitative estimate of drug-likeness (QED) is 0.764. The molecule has 1 N–H and O–H groups in total. The first-order chi connectivity index (χ1) is 10.2. The molecule has 3 aromatic rings. The summed E-state index contributed by atoms with van der Waals surface area (Å²) in [6.45, 7) is 4.56. The molecule has 3 rings (SSSR count). The second-order valence-corrected chi connectivity index (χ2v) is 5.10. The van der Waals surface area contributed by atoms with Crippen LogP contribution in [0.1, 0.15) is 22.5 Å². The third-order valence-electron chi connectivity index (χ3n) is 3.74. The fraction of sp³-hybridized carbons (Fsp3) is 0.167. The molecule has 3 nitrogen and oxygen atoms in total. The van der Waals surface area contributed by atoms with Gasteiger partial charge in [-0.15, -0.1) is 0 Å². The largest absolute Gasteiger partial charge is 0.461 e. The van der Waals surface area contributed by atoms with E-state index >= 15 is 0 Å². The van der Waals surface area contributed by atoms with Crippen molar-refractivity contribution in [2.45, 2.75) is 20.4 Å². The van der Waals surface area contributed by atoms with Crippen LogP contribution in [0.3, 0.4) is 0 Å². The van der Waals surface area contributed by atoms with Crippen molar-refractivity contribution in [3.8, 4) is 6.07 Å². The highest BCUT2D eigenvalue weighted by atomic mass is 16.3. The van der Waals surface area contributed by atoms with Crippen LogP contribution in [-0.4, -0.2) is 0 Å². The van der Waals surface area contributed by atoms with Gasteiger partial charge in [-0.2, -0.15) is 5.26 Å². The van der Waals surface area contributed by atoms with E-state index in [1.54, 1.807) is 0 Å². The predicted octanol–water partition coefficient (Wildman–Crippen LogP) is 4.53. The van der Waals surface area contributed by atoms with Crippen LogP contribution in [0, 0.1) is 25.2 Å². The van der Waals surface area contributed by atoms with E-state index in [9.17, 15) is 5.26 Å². The van der Waals surface area contributed by atoms with Crippen LogP contribution >= 0.6 is 0 Å². The minimum Gasteiger partial charge on any atom is -0.461 e. The first-order valence-electron chi connectivity index (χ1n) is 6.91. The maximum atomic E-state index is 9.27. The van der Waals surface area contributed by atoms with Crippen LogP contribution in [-0.2, 0) is 6.54 Å². The fourth-order valence-electron chi connectivity index (χ4n) is 2.59. The van der Waals surface area contributed by atoms with Gasteiger partial charge < -0.3 is 9.73 Å². The smallest absolute Gasteiger partial charge is 0.134 e. The number of fused-ring (bicyclic) bond motifs is 1. The second-order valence-electron chi connectivity index (χ2n) is 5.10. The Morgan fingerprint density at radius 2 is 1.90 bits per heavy atom. The fourth-order valence-corrected chi connectivity index (χ4v) is 2.59. The number of nitrogens with one attached hydrogen (secondary N) is 1. The molecule has 0 radical (unpaired) electrons. The number of anilines is 1. The summed E-state index contributed by atoms with van der Waals surface area (Å²) in [6, 6.07) is 16.1. The maximum absolute atomic E-state index is 9.27. The molecule has 1 aromatic heterocycles. The molecule has 2 aromatic carbocycles. The lowest BCUT2D eigenvalue weighted by molar-refractivity contribution is 0.573. The number of rotatable bonds is 3. The molecule has 0 amide bonds. The highest BCUT2D eigenvalue weighted by Crippen LogP contribution is 2.27. The van der Waals surface area contributed by atoms with Gasteiger partial charge in [0.15, 0.2) is 0 Å². The van der Waals surface area contributed by atoms with Crippen molar-refractivity contribution >= 4 is 16.7 Å². The van der Waals surface area contributed by atoms with Crippen molar-refractivity contribution in [2.75, 3.05) is 5.32 Å². The van der Waals surface area contributed by atoms with Gasteiger partial charge in [0, 0.05) is 17.5 Å². The molecular weight excluding hydrogens is 260 g/mol. The molecule has 0 aliphatic heterocycles. The van der Waals surface area contributed by atoms with Gasteiger partial charge in [-0.05, 0) is 31.5 Å². The highest BCUT2D eigenvalue weighted by Gasteiger charge is 2.11. The summed E-state index contributed by atoms with van der Waals surface area (Å²) in [5.41, 5.74) is 4.58. The Morgan fingerprint density at radius 1 is 1.10 bits per heavy atom. The molecule has 0 aliphatic carbocycles. The lowest BCUT2D eigenvalue weighted by atomic mass is 10.1. The van der Waals surface area contributed by atoms with E-state index in [1.807, 2.05) is 50.2 Å². The van der Waals surface area contributed by atoms with Crippen LogP contribution in [0.4, 0.5) is 5.69 Å². The lowest BCUT2D eigenvalue weighted by Crippen LogP contribution is -2.02. The molecule has 1 heterocycles. The van der Waals surface area contributed by atoms with E-state index in [0.717, 1.165) is 33.5 Å². The number of para-hydroxylation sites is 1. The third-order valence-corrected chi connectivity index (χ3v) is 3.74. The van der Waals surface area contributed by atoms with Crippen molar-refractivity contribution in [3.05, 3.63) is 64.9 Å². The zero-order valence-electron chi connectivity index (χ0n) is 12.1. The molecule has 0 saturated heterocycles. The van der Waals surface area contributed by atoms with Gasteiger partial charge in [0.1, 0.15) is 17.4 Å². The number of nitrogens with zero attached hydrogens (tertiary/aromatic N) is 1. The Kier molecular flexibility index (Phi) is 3.37. The van der Waals surface area contributed by atoms with Crippen LogP contribution < -0.4 is 5.32 Å². The topological polar surface area (TPSA) is 49.0 Å². The van der Waals surface area contributed by atoms with Crippen molar-refractivity contribution < 1.29 is 4.42 Å². The summed E-state index contributed by atoms with van der Waals surface area (Å²) in [7, 11) is 0. The minimum atomic E-state index is 0.640. The Bertz CT molecular complexity index is 840. The van der Waals surface area contributed by atoms with Crippen LogP contribution in [0.2, 0.25) is 0 Å². The van der Waals surface area contributed by atoms with E-state index in [4.69, 9.17) is 4.42 Å². The molecule has 0 saturated carbocycles. The number of benzene rings is 2. The van der Waals surface area contributed by atoms with Crippen molar-refractivity contribution in [2.24, 2.45) is 0 Å². The van der Waals surface area contributed by atoms with Crippen molar-refractivity contribution in [1.82, 2.24) is 0 Å². The van der Waals surface area contributed by atoms with E-state index in [2.05, 4.69) is 17.5 Å². The average Bonchev–Trinajstić information content (AvgIpc) is 2.80. The molecule has 0 fully saturated rings. The summed E-state index contributed by atoms with van der Waals surface area (Å²) in [5, 5.41) is 13.8. The number of hydrogen-bond donors (Lipinski definition) is 1.